The second-order valence-corrected chi connectivity index (χ2v) is 6.76. The highest BCUT2D eigenvalue weighted by molar-refractivity contribution is 5.99. The summed E-state index contributed by atoms with van der Waals surface area (Å²) in [6.45, 7) is 0.955. The third-order valence-corrected chi connectivity index (χ3v) is 4.92. The van der Waals surface area contributed by atoms with Crippen LogP contribution in [0.1, 0.15) is 12.0 Å². The van der Waals surface area contributed by atoms with Crippen molar-refractivity contribution in [3.8, 4) is 11.5 Å². The topological polar surface area (TPSA) is 93.9 Å². The van der Waals surface area contributed by atoms with Gasteiger partial charge in [0.1, 0.15) is 0 Å². The van der Waals surface area contributed by atoms with Crippen molar-refractivity contribution in [2.75, 3.05) is 38.4 Å². The fourth-order valence-electron chi connectivity index (χ4n) is 3.31. The van der Waals surface area contributed by atoms with Crippen molar-refractivity contribution in [3.05, 3.63) is 48.0 Å². The fourth-order valence-corrected chi connectivity index (χ4v) is 3.31. The van der Waals surface area contributed by atoms with Gasteiger partial charge in [-0.3, -0.25) is 9.59 Å². The van der Waals surface area contributed by atoms with Gasteiger partial charge in [-0.1, -0.05) is 18.2 Å². The number of rotatable bonds is 7. The molecular weight excluding hydrogens is 358 g/mol. The van der Waals surface area contributed by atoms with E-state index in [1.165, 1.54) is 0 Å². The van der Waals surface area contributed by atoms with E-state index < -0.39 is 0 Å². The molecule has 2 aromatic carbocycles. The molecule has 1 heterocycles. The number of likely N-dealkylation sites (tertiary alicyclic amines) is 1. The van der Waals surface area contributed by atoms with Crippen molar-refractivity contribution in [2.45, 2.75) is 12.8 Å². The highest BCUT2D eigenvalue weighted by Crippen LogP contribution is 2.28. The van der Waals surface area contributed by atoms with Crippen LogP contribution in [0.5, 0.6) is 11.5 Å². The van der Waals surface area contributed by atoms with Gasteiger partial charge in [-0.25, -0.2) is 0 Å². The average molecular weight is 383 g/mol. The van der Waals surface area contributed by atoms with Gasteiger partial charge < -0.3 is 25.4 Å². The summed E-state index contributed by atoms with van der Waals surface area (Å²) in [6, 6.07) is 12.8. The molecule has 1 aliphatic heterocycles. The molecule has 1 saturated heterocycles. The Labute approximate surface area is 164 Å². The van der Waals surface area contributed by atoms with Gasteiger partial charge in [0.25, 0.3) is 0 Å². The molecule has 3 N–H and O–H groups in total. The smallest absolute Gasteiger partial charge is 0.229 e. The van der Waals surface area contributed by atoms with Crippen LogP contribution in [-0.4, -0.2) is 44.0 Å². The molecule has 3 rings (SSSR count). The van der Waals surface area contributed by atoms with Gasteiger partial charge in [0.15, 0.2) is 11.5 Å². The lowest BCUT2D eigenvalue weighted by Crippen LogP contribution is -2.30. The zero-order valence-electron chi connectivity index (χ0n) is 16.1. The lowest BCUT2D eigenvalue weighted by molar-refractivity contribution is -0.128. The number of nitrogens with zero attached hydrogens (tertiary/aromatic N) is 1. The maximum absolute atomic E-state index is 12.5. The summed E-state index contributed by atoms with van der Waals surface area (Å²) in [5.74, 6) is 0.755. The Kier molecular flexibility index (Phi) is 6.03. The summed E-state index contributed by atoms with van der Waals surface area (Å²) in [5, 5.41) is 2.82. The van der Waals surface area contributed by atoms with Crippen molar-refractivity contribution >= 4 is 23.2 Å². The maximum Gasteiger partial charge on any atom is 0.229 e. The number of benzene rings is 2. The summed E-state index contributed by atoms with van der Waals surface area (Å²) >= 11 is 0. The number of nitrogens with one attached hydrogen (secondary N) is 1. The van der Waals surface area contributed by atoms with Crippen LogP contribution in [0.2, 0.25) is 0 Å². The van der Waals surface area contributed by atoms with E-state index in [9.17, 15) is 9.59 Å². The van der Waals surface area contributed by atoms with E-state index in [4.69, 9.17) is 15.2 Å². The molecule has 1 unspecified atom stereocenters. The van der Waals surface area contributed by atoms with E-state index in [0.29, 0.717) is 42.4 Å². The van der Waals surface area contributed by atoms with Gasteiger partial charge in [-0.2, -0.15) is 0 Å². The number of ether oxygens (including phenoxy) is 2. The van der Waals surface area contributed by atoms with Crippen LogP contribution in [0.3, 0.4) is 0 Å². The second kappa shape index (κ2) is 8.65. The Morgan fingerprint density at radius 2 is 1.93 bits per heavy atom. The number of amides is 2. The van der Waals surface area contributed by atoms with Crippen LogP contribution in [0, 0.1) is 5.92 Å². The zero-order valence-corrected chi connectivity index (χ0v) is 16.1. The van der Waals surface area contributed by atoms with Crippen LogP contribution >= 0.6 is 0 Å². The molecule has 2 amide bonds. The number of para-hydroxylation sites is 2. The summed E-state index contributed by atoms with van der Waals surface area (Å²) in [4.78, 5) is 26.6. The summed E-state index contributed by atoms with van der Waals surface area (Å²) in [5.41, 5.74) is 7.98. The number of carbonyl (C=O) groups excluding carboxylic acids is 2. The van der Waals surface area contributed by atoms with Gasteiger partial charge in [0, 0.05) is 19.5 Å². The van der Waals surface area contributed by atoms with E-state index in [0.717, 1.165) is 5.56 Å². The first kappa shape index (κ1) is 19.5. The van der Waals surface area contributed by atoms with Gasteiger partial charge in [-0.05, 0) is 36.2 Å². The van der Waals surface area contributed by atoms with Crippen LogP contribution in [-0.2, 0) is 16.0 Å². The Morgan fingerprint density at radius 1 is 1.18 bits per heavy atom. The minimum Gasteiger partial charge on any atom is -0.493 e. The van der Waals surface area contributed by atoms with Gasteiger partial charge in [0.2, 0.25) is 11.8 Å². The van der Waals surface area contributed by atoms with E-state index in [1.807, 2.05) is 18.2 Å². The number of hydrogen-bond acceptors (Lipinski definition) is 5. The normalized spacial score (nSPS) is 16.1. The first-order chi connectivity index (χ1) is 13.5. The first-order valence-electron chi connectivity index (χ1n) is 9.16. The molecule has 0 aromatic heterocycles. The molecule has 148 valence electrons. The van der Waals surface area contributed by atoms with Crippen molar-refractivity contribution in [1.29, 1.82) is 0 Å². The Hall–Kier alpha value is -3.22. The van der Waals surface area contributed by atoms with Crippen molar-refractivity contribution in [2.24, 2.45) is 5.92 Å². The molecule has 0 radical (unpaired) electrons. The quantitative estimate of drug-likeness (QED) is 0.716. The number of methoxy groups -OCH3 is 2. The highest BCUT2D eigenvalue weighted by atomic mass is 16.5. The molecule has 28 heavy (non-hydrogen) atoms. The van der Waals surface area contributed by atoms with E-state index in [2.05, 4.69) is 5.32 Å². The molecule has 1 aliphatic rings. The third kappa shape index (κ3) is 4.36. The van der Waals surface area contributed by atoms with Gasteiger partial charge in [-0.15, -0.1) is 0 Å². The van der Waals surface area contributed by atoms with E-state index in [1.54, 1.807) is 43.4 Å². The standard InChI is InChI=1S/C21H25N3O4/c1-27-18-8-7-14(11-19(18)28-2)9-10-24-13-15(12-20(24)25)21(26)23-17-6-4-3-5-16(17)22/h3-8,11,15H,9-10,12-13,22H2,1-2H3,(H,23,26). The van der Waals surface area contributed by atoms with Crippen molar-refractivity contribution < 1.29 is 19.1 Å². The van der Waals surface area contributed by atoms with Gasteiger partial charge >= 0.3 is 0 Å². The third-order valence-electron chi connectivity index (χ3n) is 4.92. The number of nitrogen functional groups attached to an aromatic ring is 1. The molecule has 1 atom stereocenters. The maximum atomic E-state index is 12.5. The molecule has 0 saturated carbocycles. The van der Waals surface area contributed by atoms with Crippen LogP contribution in [0.25, 0.3) is 0 Å². The number of anilines is 2. The zero-order chi connectivity index (χ0) is 20.1. The monoisotopic (exact) mass is 383 g/mol. The van der Waals surface area contributed by atoms with Crippen LogP contribution in [0.4, 0.5) is 11.4 Å². The molecule has 7 heteroatoms. The predicted octanol–water partition coefficient (Wildman–Crippen LogP) is 2.32. The molecule has 1 fully saturated rings. The molecule has 0 spiro atoms. The fraction of sp³-hybridized carbons (Fsp3) is 0.333. The summed E-state index contributed by atoms with van der Waals surface area (Å²) < 4.78 is 10.6. The second-order valence-electron chi connectivity index (χ2n) is 6.76. The lowest BCUT2D eigenvalue weighted by Gasteiger charge is -2.17. The Morgan fingerprint density at radius 3 is 2.64 bits per heavy atom. The van der Waals surface area contributed by atoms with Crippen molar-refractivity contribution in [3.63, 3.8) is 0 Å². The number of carbonyl (C=O) groups is 2. The van der Waals surface area contributed by atoms with Crippen LogP contribution in [0.15, 0.2) is 42.5 Å². The average Bonchev–Trinajstić information content (AvgIpc) is 3.08. The Balaban J connectivity index is 1.57. The summed E-state index contributed by atoms with van der Waals surface area (Å²) in [7, 11) is 3.18. The molecule has 0 aliphatic carbocycles. The minimum absolute atomic E-state index is 0.0124. The van der Waals surface area contributed by atoms with E-state index in [-0.39, 0.29) is 24.2 Å². The highest BCUT2D eigenvalue weighted by Gasteiger charge is 2.34. The molecule has 2 aromatic rings. The van der Waals surface area contributed by atoms with Gasteiger partial charge in [0.05, 0.1) is 31.5 Å². The Bertz CT molecular complexity index is 868. The minimum atomic E-state index is -0.377. The number of hydrogen-bond donors (Lipinski definition) is 2. The largest absolute Gasteiger partial charge is 0.493 e. The van der Waals surface area contributed by atoms with Crippen LogP contribution < -0.4 is 20.5 Å². The molecule has 7 nitrogen and oxygen atoms in total. The lowest BCUT2D eigenvalue weighted by atomic mass is 10.1. The number of nitrogens with two attached hydrogens (primary N) is 1. The van der Waals surface area contributed by atoms with E-state index >= 15 is 0 Å². The van der Waals surface area contributed by atoms with Crippen molar-refractivity contribution in [1.82, 2.24) is 4.90 Å². The first-order valence-corrected chi connectivity index (χ1v) is 9.16. The molecular formula is C21H25N3O4. The predicted molar refractivity (Wildman–Crippen MR) is 107 cm³/mol. The summed E-state index contributed by atoms with van der Waals surface area (Å²) in [6.07, 6.45) is 0.885. The SMILES string of the molecule is COc1ccc(CCN2CC(C(=O)Nc3ccccc3N)CC2=O)cc1OC. The molecule has 0 bridgehead atoms.